The Bertz CT molecular complexity index is 1210. The molecule has 0 saturated carbocycles. The molecule has 33 heavy (non-hydrogen) atoms. The summed E-state index contributed by atoms with van der Waals surface area (Å²) in [6, 6.07) is 22.6. The zero-order valence-corrected chi connectivity index (χ0v) is 17.5. The minimum absolute atomic E-state index is 0.0145. The number of benzene rings is 3. The summed E-state index contributed by atoms with van der Waals surface area (Å²) in [5.41, 5.74) is 1.56. The molecular weight excluding hydrogens is 433 g/mol. The van der Waals surface area contributed by atoms with Crippen molar-refractivity contribution in [2.75, 3.05) is 16.3 Å². The topological polar surface area (TPSA) is 49.9 Å². The number of nitrogens with zero attached hydrogens (tertiary/aromatic N) is 2. The maximum Gasteiger partial charge on any atom is 0.573 e. The van der Waals surface area contributed by atoms with Crippen LogP contribution in [0.5, 0.6) is 5.75 Å². The van der Waals surface area contributed by atoms with E-state index in [0.29, 0.717) is 17.8 Å². The summed E-state index contributed by atoms with van der Waals surface area (Å²) in [4.78, 5) is 29.7. The predicted octanol–water partition coefficient (Wildman–Crippen LogP) is 5.40. The molecule has 0 N–H and O–H groups in total. The summed E-state index contributed by atoms with van der Waals surface area (Å²) in [7, 11) is 0. The second kappa shape index (κ2) is 8.82. The molecule has 1 heterocycles. The lowest BCUT2D eigenvalue weighted by molar-refractivity contribution is -0.274. The number of ether oxygens (including phenoxy) is 1. The number of carbonyl (C=O) groups excluding carboxylic acids is 2. The molecule has 168 valence electrons. The predicted molar refractivity (Wildman–Crippen MR) is 118 cm³/mol. The molecule has 0 unspecified atom stereocenters. The quantitative estimate of drug-likeness (QED) is 0.470. The van der Waals surface area contributed by atoms with E-state index in [1.54, 1.807) is 35.2 Å². The van der Waals surface area contributed by atoms with Crippen molar-refractivity contribution < 1.29 is 27.5 Å². The number of imide groups is 1. The van der Waals surface area contributed by atoms with Gasteiger partial charge in [0.1, 0.15) is 11.4 Å². The fourth-order valence-corrected chi connectivity index (χ4v) is 3.77. The molecule has 5 nitrogen and oxygen atoms in total. The summed E-state index contributed by atoms with van der Waals surface area (Å²) in [6.45, 7) is 2.24. The van der Waals surface area contributed by atoms with Gasteiger partial charge in [-0.05, 0) is 36.8 Å². The molecule has 3 aromatic carbocycles. The van der Waals surface area contributed by atoms with Crippen molar-refractivity contribution >= 4 is 28.8 Å². The van der Waals surface area contributed by atoms with Crippen LogP contribution in [0.2, 0.25) is 0 Å². The molecule has 3 aromatic rings. The average molecular weight is 452 g/mol. The number of likely N-dealkylation sites (N-methyl/N-ethyl adjacent to an activating group) is 1. The summed E-state index contributed by atoms with van der Waals surface area (Å²) in [6.07, 6.45) is -4.90. The van der Waals surface area contributed by atoms with E-state index < -0.39 is 23.9 Å². The van der Waals surface area contributed by atoms with Crippen molar-refractivity contribution in [1.82, 2.24) is 0 Å². The van der Waals surface area contributed by atoms with Crippen LogP contribution in [0, 0.1) is 0 Å². The number of alkyl halides is 3. The van der Waals surface area contributed by atoms with Gasteiger partial charge in [0.2, 0.25) is 0 Å². The molecule has 0 aliphatic carbocycles. The summed E-state index contributed by atoms with van der Waals surface area (Å²) >= 11 is 0. The highest BCUT2D eigenvalue weighted by atomic mass is 19.4. The fourth-order valence-electron chi connectivity index (χ4n) is 3.77. The van der Waals surface area contributed by atoms with Crippen LogP contribution in [0.1, 0.15) is 12.5 Å². The van der Waals surface area contributed by atoms with Crippen molar-refractivity contribution in [1.29, 1.82) is 0 Å². The number of hydrogen-bond donors (Lipinski definition) is 0. The van der Waals surface area contributed by atoms with Crippen LogP contribution in [0.25, 0.3) is 5.57 Å². The Labute approximate surface area is 188 Å². The Morgan fingerprint density at radius 2 is 1.48 bits per heavy atom. The summed E-state index contributed by atoms with van der Waals surface area (Å²) < 4.78 is 42.1. The van der Waals surface area contributed by atoms with Gasteiger partial charge in [-0.3, -0.25) is 9.59 Å². The summed E-state index contributed by atoms with van der Waals surface area (Å²) in [5, 5.41) is 0. The van der Waals surface area contributed by atoms with Gasteiger partial charge in [-0.25, -0.2) is 4.90 Å². The Kier molecular flexibility index (Phi) is 5.91. The summed E-state index contributed by atoms with van der Waals surface area (Å²) in [5.74, 6) is -1.78. The molecule has 1 aliphatic heterocycles. The van der Waals surface area contributed by atoms with Crippen LogP contribution in [0.15, 0.2) is 90.6 Å². The second-order valence-corrected chi connectivity index (χ2v) is 7.16. The van der Waals surface area contributed by atoms with Crippen LogP contribution in [0.4, 0.5) is 24.5 Å². The van der Waals surface area contributed by atoms with E-state index in [4.69, 9.17) is 0 Å². The monoisotopic (exact) mass is 452 g/mol. The lowest BCUT2D eigenvalue weighted by atomic mass is 10.0. The minimum atomic E-state index is -4.90. The van der Waals surface area contributed by atoms with E-state index >= 15 is 0 Å². The highest BCUT2D eigenvalue weighted by Gasteiger charge is 2.43. The van der Waals surface area contributed by atoms with Gasteiger partial charge in [-0.2, -0.15) is 0 Å². The van der Waals surface area contributed by atoms with E-state index in [9.17, 15) is 22.8 Å². The Balaban J connectivity index is 1.83. The van der Waals surface area contributed by atoms with Crippen molar-refractivity contribution in [3.05, 3.63) is 96.2 Å². The van der Waals surface area contributed by atoms with Crippen molar-refractivity contribution in [2.24, 2.45) is 0 Å². The SMILES string of the molecule is CCN(C1=C(c2ccccc2)C(=O)N(c2cccc(OC(F)(F)F)c2)C1=O)c1ccccc1. The van der Waals surface area contributed by atoms with Crippen LogP contribution in [-0.4, -0.2) is 24.7 Å². The van der Waals surface area contributed by atoms with Gasteiger partial charge in [0.25, 0.3) is 11.8 Å². The lowest BCUT2D eigenvalue weighted by Gasteiger charge is -2.25. The van der Waals surface area contributed by atoms with Gasteiger partial charge < -0.3 is 9.64 Å². The number of anilines is 2. The van der Waals surface area contributed by atoms with E-state index in [-0.39, 0.29) is 17.0 Å². The van der Waals surface area contributed by atoms with Crippen LogP contribution in [-0.2, 0) is 9.59 Å². The molecule has 0 bridgehead atoms. The van der Waals surface area contributed by atoms with Crippen molar-refractivity contribution in [3.63, 3.8) is 0 Å². The third-order valence-corrected chi connectivity index (χ3v) is 5.09. The Hall–Kier alpha value is -4.07. The largest absolute Gasteiger partial charge is 0.573 e. The number of para-hydroxylation sites is 1. The minimum Gasteiger partial charge on any atom is -0.406 e. The standard InChI is InChI=1S/C25H19F3N2O3/c1-2-29(18-12-7-4-8-13-18)22-21(17-10-5-3-6-11-17)23(31)30(24(22)32)19-14-9-15-20(16-19)33-25(26,27)28/h3-16H,2H2,1H3. The third kappa shape index (κ3) is 4.45. The van der Waals surface area contributed by atoms with Crippen molar-refractivity contribution in [2.45, 2.75) is 13.3 Å². The number of carbonyl (C=O) groups is 2. The van der Waals surface area contributed by atoms with Gasteiger partial charge in [0.05, 0.1) is 11.3 Å². The first kappa shape index (κ1) is 22.1. The molecule has 4 rings (SSSR count). The van der Waals surface area contributed by atoms with Crippen LogP contribution in [0.3, 0.4) is 0 Å². The first-order chi connectivity index (χ1) is 15.8. The molecule has 0 aromatic heterocycles. The molecule has 8 heteroatoms. The molecule has 0 radical (unpaired) electrons. The first-order valence-electron chi connectivity index (χ1n) is 10.2. The Morgan fingerprint density at radius 1 is 0.848 bits per heavy atom. The smallest absolute Gasteiger partial charge is 0.406 e. The first-order valence-corrected chi connectivity index (χ1v) is 10.2. The number of rotatable bonds is 6. The van der Waals surface area contributed by atoms with E-state index in [1.807, 2.05) is 37.3 Å². The van der Waals surface area contributed by atoms with E-state index in [1.165, 1.54) is 12.1 Å². The molecule has 0 saturated heterocycles. The molecule has 1 aliphatic rings. The van der Waals surface area contributed by atoms with Gasteiger partial charge in [0, 0.05) is 18.3 Å². The van der Waals surface area contributed by atoms with Gasteiger partial charge in [-0.15, -0.1) is 13.2 Å². The fraction of sp³-hybridized carbons (Fsp3) is 0.120. The zero-order valence-electron chi connectivity index (χ0n) is 17.5. The van der Waals surface area contributed by atoms with Crippen LogP contribution < -0.4 is 14.5 Å². The number of amides is 2. The normalized spacial score (nSPS) is 14.1. The average Bonchev–Trinajstić information content (AvgIpc) is 3.05. The van der Waals surface area contributed by atoms with Crippen LogP contribution >= 0.6 is 0 Å². The zero-order chi connectivity index (χ0) is 23.6. The maximum absolute atomic E-state index is 13.6. The molecule has 0 atom stereocenters. The van der Waals surface area contributed by atoms with Crippen molar-refractivity contribution in [3.8, 4) is 5.75 Å². The van der Waals surface area contributed by atoms with E-state index in [2.05, 4.69) is 4.74 Å². The lowest BCUT2D eigenvalue weighted by Crippen LogP contribution is -2.35. The van der Waals surface area contributed by atoms with E-state index in [0.717, 1.165) is 17.0 Å². The maximum atomic E-state index is 13.6. The third-order valence-electron chi connectivity index (χ3n) is 5.09. The molecular formula is C25H19F3N2O3. The highest BCUT2D eigenvalue weighted by molar-refractivity contribution is 6.46. The van der Waals surface area contributed by atoms with Gasteiger partial charge in [0.15, 0.2) is 0 Å². The number of halogens is 3. The molecule has 2 amide bonds. The molecule has 0 fully saturated rings. The number of hydrogen-bond acceptors (Lipinski definition) is 4. The van der Waals surface area contributed by atoms with Gasteiger partial charge in [-0.1, -0.05) is 54.6 Å². The molecule has 0 spiro atoms. The highest BCUT2D eigenvalue weighted by Crippen LogP contribution is 2.37. The van der Waals surface area contributed by atoms with Gasteiger partial charge >= 0.3 is 6.36 Å². The Morgan fingerprint density at radius 3 is 2.09 bits per heavy atom. The second-order valence-electron chi connectivity index (χ2n) is 7.16.